The Labute approximate surface area is 144 Å². The molecule has 136 valence electrons. The molecule has 1 fully saturated rings. The van der Waals surface area contributed by atoms with Gasteiger partial charge in [0.15, 0.2) is 0 Å². The number of nitrogens with zero attached hydrogens (tertiary/aromatic N) is 3. The van der Waals surface area contributed by atoms with Gasteiger partial charge in [-0.15, -0.1) is 0 Å². The molecule has 7 heteroatoms. The van der Waals surface area contributed by atoms with Crippen molar-refractivity contribution < 1.29 is 9.53 Å². The fourth-order valence-electron chi connectivity index (χ4n) is 3.12. The molecule has 0 unspecified atom stereocenters. The van der Waals surface area contributed by atoms with E-state index in [1.807, 2.05) is 27.0 Å². The zero-order valence-electron chi connectivity index (χ0n) is 15.5. The summed E-state index contributed by atoms with van der Waals surface area (Å²) >= 11 is 0. The number of urea groups is 1. The maximum absolute atomic E-state index is 12.3. The van der Waals surface area contributed by atoms with Gasteiger partial charge in [0.05, 0.1) is 17.9 Å². The number of aryl methyl sites for hydroxylation is 1. The molecule has 0 spiro atoms. The highest BCUT2D eigenvalue weighted by atomic mass is 16.5. The van der Waals surface area contributed by atoms with Crippen molar-refractivity contribution in [1.29, 1.82) is 0 Å². The minimum absolute atomic E-state index is 0.0379. The van der Waals surface area contributed by atoms with Gasteiger partial charge < -0.3 is 15.0 Å². The van der Waals surface area contributed by atoms with E-state index in [1.54, 1.807) is 4.90 Å². The minimum Gasteiger partial charge on any atom is -0.373 e. The summed E-state index contributed by atoms with van der Waals surface area (Å²) in [5.74, 6) is 0. The number of H-pyrrole nitrogens is 1. The fourth-order valence-corrected chi connectivity index (χ4v) is 3.12. The fraction of sp³-hybridized carbons (Fsp3) is 0.765. The predicted molar refractivity (Wildman–Crippen MR) is 94.1 cm³/mol. The lowest BCUT2D eigenvalue weighted by Crippen LogP contribution is -2.49. The smallest absolute Gasteiger partial charge is 0.317 e. The average molecular weight is 337 g/mol. The van der Waals surface area contributed by atoms with Gasteiger partial charge in [0.25, 0.3) is 0 Å². The normalized spacial score (nSPS) is 23.0. The number of rotatable bonds is 6. The van der Waals surface area contributed by atoms with E-state index in [-0.39, 0.29) is 24.3 Å². The van der Waals surface area contributed by atoms with E-state index in [0.717, 1.165) is 37.4 Å². The third-order valence-electron chi connectivity index (χ3n) is 4.24. The molecule has 3 atom stereocenters. The summed E-state index contributed by atoms with van der Waals surface area (Å²) in [4.78, 5) is 16.4. The average Bonchev–Trinajstić information content (AvgIpc) is 2.88. The number of morpholine rings is 1. The number of carbonyl (C=O) groups excluding carboxylic acids is 1. The molecule has 0 radical (unpaired) electrons. The van der Waals surface area contributed by atoms with Crippen molar-refractivity contribution in [1.82, 2.24) is 25.3 Å². The summed E-state index contributed by atoms with van der Waals surface area (Å²) < 4.78 is 5.74. The van der Waals surface area contributed by atoms with Crippen LogP contribution in [0.2, 0.25) is 0 Å². The molecular weight excluding hydrogens is 306 g/mol. The van der Waals surface area contributed by atoms with E-state index in [2.05, 4.69) is 34.3 Å². The third-order valence-corrected chi connectivity index (χ3v) is 4.24. The van der Waals surface area contributed by atoms with Crippen LogP contribution in [0.25, 0.3) is 0 Å². The van der Waals surface area contributed by atoms with E-state index in [0.29, 0.717) is 6.54 Å². The molecule has 0 bridgehead atoms. The first-order valence-corrected chi connectivity index (χ1v) is 8.73. The van der Waals surface area contributed by atoms with Gasteiger partial charge in [0.2, 0.25) is 0 Å². The van der Waals surface area contributed by atoms with E-state index < -0.39 is 0 Å². The summed E-state index contributed by atoms with van der Waals surface area (Å²) in [6, 6.07) is 2.02. The highest BCUT2D eigenvalue weighted by Crippen LogP contribution is 2.10. The number of aromatic nitrogens is 2. The first kappa shape index (κ1) is 18.7. The largest absolute Gasteiger partial charge is 0.373 e. The third kappa shape index (κ3) is 5.79. The Bertz CT molecular complexity index is 523. The molecule has 1 aromatic rings. The van der Waals surface area contributed by atoms with Crippen molar-refractivity contribution in [2.24, 2.45) is 0 Å². The topological polar surface area (TPSA) is 73.5 Å². The Morgan fingerprint density at radius 2 is 2.17 bits per heavy atom. The summed E-state index contributed by atoms with van der Waals surface area (Å²) in [6.45, 7) is 11.6. The summed E-state index contributed by atoms with van der Waals surface area (Å²) in [6.07, 6.45) is 1.23. The number of carbonyl (C=O) groups is 1. The number of hydrogen-bond donors (Lipinski definition) is 2. The van der Waals surface area contributed by atoms with Gasteiger partial charge in [-0.05, 0) is 33.8 Å². The van der Waals surface area contributed by atoms with Gasteiger partial charge in [0.1, 0.15) is 0 Å². The molecule has 1 aromatic heterocycles. The highest BCUT2D eigenvalue weighted by Gasteiger charge is 2.22. The van der Waals surface area contributed by atoms with Crippen LogP contribution < -0.4 is 5.32 Å². The summed E-state index contributed by atoms with van der Waals surface area (Å²) in [5.41, 5.74) is 2.01. The molecule has 24 heavy (non-hydrogen) atoms. The first-order chi connectivity index (χ1) is 11.3. The standard InChI is InChI=1S/C17H31N5O2/c1-12(8-16-9-13(2)19-20-16)18-17(23)21(5)6-7-22-10-14(3)24-15(4)11-22/h9,12,14-15H,6-8,10-11H2,1-5H3,(H,18,23)(H,19,20)/t12-,14-,15+/m1/s1. The molecule has 1 saturated heterocycles. The molecule has 2 amide bonds. The second-order valence-corrected chi connectivity index (χ2v) is 7.04. The zero-order chi connectivity index (χ0) is 17.7. The zero-order valence-corrected chi connectivity index (χ0v) is 15.5. The lowest BCUT2D eigenvalue weighted by Gasteiger charge is -2.36. The summed E-state index contributed by atoms with van der Waals surface area (Å²) in [7, 11) is 1.84. The van der Waals surface area contributed by atoms with Gasteiger partial charge in [-0.2, -0.15) is 5.10 Å². The Kier molecular flexibility index (Phi) is 6.62. The van der Waals surface area contributed by atoms with Crippen molar-refractivity contribution >= 4 is 6.03 Å². The number of hydrogen-bond acceptors (Lipinski definition) is 4. The lowest BCUT2D eigenvalue weighted by molar-refractivity contribution is -0.0684. The molecule has 2 rings (SSSR count). The number of ether oxygens (including phenoxy) is 1. The van der Waals surface area contributed by atoms with Crippen molar-refractivity contribution in [2.75, 3.05) is 33.2 Å². The van der Waals surface area contributed by atoms with Crippen molar-refractivity contribution in [3.05, 3.63) is 17.5 Å². The second kappa shape index (κ2) is 8.48. The van der Waals surface area contributed by atoms with Crippen molar-refractivity contribution in [3.8, 4) is 0 Å². The predicted octanol–water partition coefficient (Wildman–Crippen LogP) is 1.40. The van der Waals surface area contributed by atoms with Crippen LogP contribution in [0.5, 0.6) is 0 Å². The van der Waals surface area contributed by atoms with Crippen LogP contribution in [-0.4, -0.2) is 77.5 Å². The van der Waals surface area contributed by atoms with Crippen LogP contribution in [0.15, 0.2) is 6.07 Å². The van der Waals surface area contributed by atoms with E-state index >= 15 is 0 Å². The van der Waals surface area contributed by atoms with Crippen LogP contribution >= 0.6 is 0 Å². The van der Waals surface area contributed by atoms with E-state index in [9.17, 15) is 4.79 Å². The van der Waals surface area contributed by atoms with Gasteiger partial charge in [-0.3, -0.25) is 10.00 Å². The van der Waals surface area contributed by atoms with Crippen LogP contribution in [-0.2, 0) is 11.2 Å². The molecule has 1 aliphatic rings. The molecule has 1 aliphatic heterocycles. The van der Waals surface area contributed by atoms with Gasteiger partial charge in [0, 0.05) is 51.4 Å². The number of likely N-dealkylation sites (N-methyl/N-ethyl adjacent to an activating group) is 1. The molecule has 0 aromatic carbocycles. The molecule has 2 N–H and O–H groups in total. The molecule has 0 saturated carbocycles. The molecular formula is C17H31N5O2. The lowest BCUT2D eigenvalue weighted by atomic mass is 10.2. The quantitative estimate of drug-likeness (QED) is 0.823. The maximum Gasteiger partial charge on any atom is 0.317 e. The Morgan fingerprint density at radius 1 is 1.50 bits per heavy atom. The van der Waals surface area contributed by atoms with Crippen molar-refractivity contribution in [2.45, 2.75) is 52.4 Å². The highest BCUT2D eigenvalue weighted by molar-refractivity contribution is 5.74. The van der Waals surface area contributed by atoms with Crippen LogP contribution in [0.4, 0.5) is 4.79 Å². The van der Waals surface area contributed by atoms with Gasteiger partial charge >= 0.3 is 6.03 Å². The summed E-state index contributed by atoms with van der Waals surface area (Å²) in [5, 5.41) is 10.2. The maximum atomic E-state index is 12.3. The molecule has 2 heterocycles. The van der Waals surface area contributed by atoms with Crippen LogP contribution in [0.1, 0.15) is 32.2 Å². The van der Waals surface area contributed by atoms with Crippen LogP contribution in [0, 0.1) is 6.92 Å². The van der Waals surface area contributed by atoms with E-state index in [1.165, 1.54) is 0 Å². The second-order valence-electron chi connectivity index (χ2n) is 7.04. The number of amides is 2. The van der Waals surface area contributed by atoms with E-state index in [4.69, 9.17) is 4.74 Å². The number of nitrogens with one attached hydrogen (secondary N) is 2. The van der Waals surface area contributed by atoms with Gasteiger partial charge in [-0.1, -0.05) is 0 Å². The first-order valence-electron chi connectivity index (χ1n) is 8.73. The Hall–Kier alpha value is -1.60. The Balaban J connectivity index is 1.71. The number of aromatic amines is 1. The molecule has 7 nitrogen and oxygen atoms in total. The van der Waals surface area contributed by atoms with Crippen LogP contribution in [0.3, 0.4) is 0 Å². The Morgan fingerprint density at radius 3 is 2.75 bits per heavy atom. The van der Waals surface area contributed by atoms with Gasteiger partial charge in [-0.25, -0.2) is 4.79 Å². The van der Waals surface area contributed by atoms with Crippen molar-refractivity contribution in [3.63, 3.8) is 0 Å². The minimum atomic E-state index is -0.0379. The SMILES string of the molecule is Cc1cc(C[C@@H](C)NC(=O)N(C)CCN2C[C@@H](C)O[C@@H](C)C2)n[nH]1. The molecule has 0 aliphatic carbocycles. The monoisotopic (exact) mass is 337 g/mol.